The second-order valence-electron chi connectivity index (χ2n) is 5.45. The van der Waals surface area contributed by atoms with E-state index < -0.39 is 0 Å². The van der Waals surface area contributed by atoms with Crippen LogP contribution in [0.5, 0.6) is 0 Å². The van der Waals surface area contributed by atoms with E-state index in [-0.39, 0.29) is 23.4 Å². The van der Waals surface area contributed by atoms with Gasteiger partial charge in [-0.3, -0.25) is 9.59 Å². The van der Waals surface area contributed by atoms with Gasteiger partial charge in [-0.05, 0) is 42.0 Å². The van der Waals surface area contributed by atoms with Gasteiger partial charge in [-0.2, -0.15) is 0 Å². The second-order valence-corrected chi connectivity index (χ2v) is 6.50. The number of nitrogens with one attached hydrogen (secondary N) is 1. The molecule has 2 rings (SSSR count). The summed E-state index contributed by atoms with van der Waals surface area (Å²) in [5, 5.41) is 2.80. The summed E-state index contributed by atoms with van der Waals surface area (Å²) < 4.78 is 12.8. The van der Waals surface area contributed by atoms with Crippen LogP contribution in [0.3, 0.4) is 0 Å². The Morgan fingerprint density at radius 2 is 1.67 bits per heavy atom. The molecule has 0 aliphatic rings. The maximum Gasteiger partial charge on any atom is 0.234 e. The Morgan fingerprint density at radius 1 is 1.04 bits per heavy atom. The minimum absolute atomic E-state index is 0.0301. The van der Waals surface area contributed by atoms with Crippen molar-refractivity contribution in [3.05, 3.63) is 59.9 Å². The SMILES string of the molecule is CN(C)C(=O)Cc1ccc(NC(=O)CSc2ccc(F)cc2)cc1. The first-order chi connectivity index (χ1) is 11.4. The molecule has 0 unspecified atom stereocenters. The molecule has 0 heterocycles. The van der Waals surface area contributed by atoms with Crippen LogP contribution in [0, 0.1) is 5.82 Å². The number of rotatable bonds is 6. The third kappa shape index (κ3) is 5.70. The third-order valence-corrected chi connectivity index (χ3v) is 4.29. The van der Waals surface area contributed by atoms with Crippen LogP contribution in [0.2, 0.25) is 0 Å². The van der Waals surface area contributed by atoms with Gasteiger partial charge >= 0.3 is 0 Å². The molecule has 0 bridgehead atoms. The number of likely N-dealkylation sites (N-methyl/N-ethyl adjacent to an activating group) is 1. The Morgan fingerprint density at radius 3 is 2.25 bits per heavy atom. The largest absolute Gasteiger partial charge is 0.349 e. The molecule has 0 saturated carbocycles. The Kier molecular flexibility index (Phi) is 6.37. The lowest BCUT2D eigenvalue weighted by atomic mass is 10.1. The Balaban J connectivity index is 1.83. The van der Waals surface area contributed by atoms with Crippen molar-refractivity contribution in [1.82, 2.24) is 4.90 Å². The van der Waals surface area contributed by atoms with E-state index in [1.165, 1.54) is 23.9 Å². The van der Waals surface area contributed by atoms with Gasteiger partial charge in [0.25, 0.3) is 0 Å². The molecule has 1 N–H and O–H groups in total. The Hall–Kier alpha value is -2.34. The van der Waals surface area contributed by atoms with Crippen LogP contribution in [-0.2, 0) is 16.0 Å². The fourth-order valence-electron chi connectivity index (χ4n) is 1.92. The number of thioether (sulfide) groups is 1. The number of anilines is 1. The molecule has 0 aromatic heterocycles. The summed E-state index contributed by atoms with van der Waals surface area (Å²) in [6.45, 7) is 0. The molecule has 126 valence electrons. The first kappa shape index (κ1) is 18.0. The van der Waals surface area contributed by atoms with Crippen LogP contribution >= 0.6 is 11.8 Å². The van der Waals surface area contributed by atoms with Crippen molar-refractivity contribution in [2.45, 2.75) is 11.3 Å². The van der Waals surface area contributed by atoms with E-state index in [1.807, 2.05) is 12.1 Å². The molecule has 0 aliphatic carbocycles. The van der Waals surface area contributed by atoms with Crippen molar-refractivity contribution in [3.8, 4) is 0 Å². The number of hydrogen-bond donors (Lipinski definition) is 1. The van der Waals surface area contributed by atoms with Crippen LogP contribution < -0.4 is 5.32 Å². The second kappa shape index (κ2) is 8.49. The van der Waals surface area contributed by atoms with Crippen molar-refractivity contribution < 1.29 is 14.0 Å². The van der Waals surface area contributed by atoms with Crippen LogP contribution in [0.1, 0.15) is 5.56 Å². The van der Waals surface area contributed by atoms with Crippen molar-refractivity contribution in [1.29, 1.82) is 0 Å². The summed E-state index contributed by atoms with van der Waals surface area (Å²) in [6.07, 6.45) is 0.335. The van der Waals surface area contributed by atoms with E-state index in [1.54, 1.807) is 43.3 Å². The van der Waals surface area contributed by atoms with Gasteiger partial charge in [0.2, 0.25) is 11.8 Å². The highest BCUT2D eigenvalue weighted by molar-refractivity contribution is 8.00. The van der Waals surface area contributed by atoms with Crippen LogP contribution in [-0.4, -0.2) is 36.6 Å². The van der Waals surface area contributed by atoms with Crippen molar-refractivity contribution in [3.63, 3.8) is 0 Å². The Labute approximate surface area is 145 Å². The Bertz CT molecular complexity index is 700. The normalized spacial score (nSPS) is 10.3. The minimum atomic E-state index is -0.295. The van der Waals surface area contributed by atoms with Gasteiger partial charge in [0.15, 0.2) is 0 Å². The van der Waals surface area contributed by atoms with Gasteiger partial charge in [0.05, 0.1) is 12.2 Å². The summed E-state index contributed by atoms with van der Waals surface area (Å²) >= 11 is 1.34. The number of benzene rings is 2. The lowest BCUT2D eigenvalue weighted by Gasteiger charge is -2.10. The van der Waals surface area contributed by atoms with E-state index in [2.05, 4.69) is 5.32 Å². The van der Waals surface area contributed by atoms with Gasteiger partial charge in [-0.1, -0.05) is 12.1 Å². The predicted molar refractivity (Wildman–Crippen MR) is 94.6 cm³/mol. The first-order valence-electron chi connectivity index (χ1n) is 7.41. The molecule has 2 aromatic carbocycles. The molecule has 0 spiro atoms. The zero-order chi connectivity index (χ0) is 17.5. The van der Waals surface area contributed by atoms with Crippen LogP contribution in [0.25, 0.3) is 0 Å². The zero-order valence-corrected chi connectivity index (χ0v) is 14.4. The van der Waals surface area contributed by atoms with E-state index in [0.29, 0.717) is 12.1 Å². The molecule has 0 fully saturated rings. The molecule has 0 aliphatic heterocycles. The molecule has 24 heavy (non-hydrogen) atoms. The minimum Gasteiger partial charge on any atom is -0.349 e. The van der Waals surface area contributed by atoms with E-state index >= 15 is 0 Å². The lowest BCUT2D eigenvalue weighted by Crippen LogP contribution is -2.23. The number of hydrogen-bond acceptors (Lipinski definition) is 3. The summed E-state index contributed by atoms with van der Waals surface area (Å²) in [4.78, 5) is 26.0. The molecule has 2 amide bonds. The maximum atomic E-state index is 12.8. The number of carbonyl (C=O) groups is 2. The molecular formula is C18H19FN2O2S. The number of carbonyl (C=O) groups excluding carboxylic acids is 2. The van der Waals surface area contributed by atoms with Gasteiger partial charge < -0.3 is 10.2 Å². The fraction of sp³-hybridized carbons (Fsp3) is 0.222. The zero-order valence-electron chi connectivity index (χ0n) is 13.6. The quantitative estimate of drug-likeness (QED) is 0.817. The van der Waals surface area contributed by atoms with Crippen LogP contribution in [0.4, 0.5) is 10.1 Å². The topological polar surface area (TPSA) is 49.4 Å². The van der Waals surface area contributed by atoms with E-state index in [0.717, 1.165) is 10.5 Å². The first-order valence-corrected chi connectivity index (χ1v) is 8.40. The van der Waals surface area contributed by atoms with Crippen molar-refractivity contribution in [2.24, 2.45) is 0 Å². The standard InChI is InChI=1S/C18H19FN2O2S/c1-21(2)18(23)11-13-3-7-15(8-4-13)20-17(22)12-24-16-9-5-14(19)6-10-16/h3-10H,11-12H2,1-2H3,(H,20,22). The van der Waals surface area contributed by atoms with Gasteiger partial charge in [-0.25, -0.2) is 4.39 Å². The summed E-state index contributed by atoms with van der Waals surface area (Å²) in [7, 11) is 3.44. The lowest BCUT2D eigenvalue weighted by molar-refractivity contribution is -0.128. The predicted octanol–water partition coefficient (Wildman–Crippen LogP) is 3.19. The third-order valence-electron chi connectivity index (χ3n) is 3.28. The summed E-state index contributed by atoms with van der Waals surface area (Å²) in [5.74, 6) is -0.160. The average Bonchev–Trinajstić information content (AvgIpc) is 2.56. The monoisotopic (exact) mass is 346 g/mol. The molecular weight excluding hydrogens is 327 g/mol. The summed E-state index contributed by atoms with van der Waals surface area (Å²) in [6, 6.07) is 13.2. The number of halogens is 1. The molecule has 4 nitrogen and oxygen atoms in total. The van der Waals surface area contributed by atoms with E-state index in [9.17, 15) is 14.0 Å². The molecule has 0 radical (unpaired) electrons. The van der Waals surface area contributed by atoms with Crippen molar-refractivity contribution >= 4 is 29.3 Å². The van der Waals surface area contributed by atoms with Crippen LogP contribution in [0.15, 0.2) is 53.4 Å². The highest BCUT2D eigenvalue weighted by Crippen LogP contribution is 2.18. The highest BCUT2D eigenvalue weighted by Gasteiger charge is 2.07. The van der Waals surface area contributed by atoms with Gasteiger partial charge in [0, 0.05) is 24.7 Å². The molecule has 6 heteroatoms. The highest BCUT2D eigenvalue weighted by atomic mass is 32.2. The molecule has 0 saturated heterocycles. The number of amides is 2. The molecule has 0 atom stereocenters. The van der Waals surface area contributed by atoms with Gasteiger partial charge in [-0.15, -0.1) is 11.8 Å². The smallest absolute Gasteiger partial charge is 0.234 e. The average molecular weight is 346 g/mol. The van der Waals surface area contributed by atoms with E-state index in [4.69, 9.17) is 0 Å². The maximum absolute atomic E-state index is 12.8. The fourth-order valence-corrected chi connectivity index (χ4v) is 2.61. The van der Waals surface area contributed by atoms with Crippen molar-refractivity contribution in [2.75, 3.05) is 25.2 Å². The molecule has 2 aromatic rings. The summed E-state index contributed by atoms with van der Waals surface area (Å²) in [5.41, 5.74) is 1.58. The van der Waals surface area contributed by atoms with Gasteiger partial charge in [0.1, 0.15) is 5.82 Å². The number of nitrogens with zero attached hydrogens (tertiary/aromatic N) is 1.